The summed E-state index contributed by atoms with van der Waals surface area (Å²) in [6.07, 6.45) is 2.54. The van der Waals surface area contributed by atoms with Gasteiger partial charge in [-0.2, -0.15) is 0 Å². The number of hydrogen-bond donors (Lipinski definition) is 1. The molecule has 2 aliphatic rings. The fourth-order valence-electron chi connectivity index (χ4n) is 2.60. The molecule has 3 heteroatoms. The van der Waals surface area contributed by atoms with Crippen molar-refractivity contribution in [3.05, 3.63) is 0 Å². The van der Waals surface area contributed by atoms with Crippen LogP contribution in [0.25, 0.3) is 0 Å². The Kier molecular flexibility index (Phi) is 1.26. The van der Waals surface area contributed by atoms with Crippen molar-refractivity contribution >= 4 is 7.85 Å². The van der Waals surface area contributed by atoms with Crippen molar-refractivity contribution < 1.29 is 9.50 Å². The molecule has 2 bridgehead atoms. The largest absolute Gasteiger partial charge is 0.387 e. The van der Waals surface area contributed by atoms with Crippen molar-refractivity contribution in [2.45, 2.75) is 37.4 Å². The van der Waals surface area contributed by atoms with Gasteiger partial charge in [0.25, 0.3) is 0 Å². The fourth-order valence-corrected chi connectivity index (χ4v) is 2.60. The van der Waals surface area contributed by atoms with Crippen molar-refractivity contribution in [2.75, 3.05) is 0 Å². The smallest absolute Gasteiger partial charge is 0.125 e. The molecule has 0 saturated heterocycles. The molecule has 4 atom stereocenters. The van der Waals surface area contributed by atoms with Crippen LogP contribution in [0.15, 0.2) is 0 Å². The minimum Gasteiger partial charge on any atom is -0.387 e. The molecule has 1 nitrogen and oxygen atoms in total. The second-order valence-corrected chi connectivity index (χ2v) is 4.12. The molecule has 0 aromatic rings. The van der Waals surface area contributed by atoms with E-state index in [2.05, 4.69) is 0 Å². The van der Waals surface area contributed by atoms with E-state index in [1.807, 2.05) is 0 Å². The van der Waals surface area contributed by atoms with Gasteiger partial charge in [0.1, 0.15) is 7.85 Å². The first-order valence-corrected chi connectivity index (χ1v) is 4.16. The number of rotatable bonds is 0. The topological polar surface area (TPSA) is 20.2 Å². The van der Waals surface area contributed by atoms with Crippen LogP contribution in [0.5, 0.6) is 0 Å². The van der Waals surface area contributed by atoms with Gasteiger partial charge in [0.2, 0.25) is 0 Å². The number of fused-ring (bicyclic) bond motifs is 2. The standard InChI is InChI=1S/C8H12BFO/c1-7(11)5-2-3-6(4-5)8(7,9)10/h5-6,11H,2-4H2,1H3. The van der Waals surface area contributed by atoms with E-state index in [0.717, 1.165) is 19.3 Å². The first kappa shape index (κ1) is 7.60. The van der Waals surface area contributed by atoms with E-state index in [1.165, 1.54) is 6.92 Å². The van der Waals surface area contributed by atoms with Crippen molar-refractivity contribution in [3.8, 4) is 0 Å². The molecule has 0 aromatic carbocycles. The van der Waals surface area contributed by atoms with Gasteiger partial charge in [-0.1, -0.05) is 0 Å². The maximum Gasteiger partial charge on any atom is 0.125 e. The van der Waals surface area contributed by atoms with E-state index in [-0.39, 0.29) is 11.8 Å². The van der Waals surface area contributed by atoms with Gasteiger partial charge >= 0.3 is 0 Å². The molecule has 60 valence electrons. The summed E-state index contributed by atoms with van der Waals surface area (Å²) in [5.74, 6) is -0.0231. The normalized spacial score (nSPS) is 62.1. The Morgan fingerprint density at radius 3 is 2.27 bits per heavy atom. The molecular formula is C8H12BFO. The second-order valence-electron chi connectivity index (χ2n) is 4.12. The Morgan fingerprint density at radius 1 is 1.45 bits per heavy atom. The molecule has 0 heterocycles. The minimum absolute atomic E-state index is 0.0856. The summed E-state index contributed by atoms with van der Waals surface area (Å²) >= 11 is 0. The summed E-state index contributed by atoms with van der Waals surface area (Å²) in [7, 11) is 5.42. The summed E-state index contributed by atoms with van der Waals surface area (Å²) in [5.41, 5.74) is -3.12. The van der Waals surface area contributed by atoms with Gasteiger partial charge < -0.3 is 5.11 Å². The lowest BCUT2D eigenvalue weighted by molar-refractivity contribution is -0.0807. The molecular weight excluding hydrogens is 142 g/mol. The zero-order valence-electron chi connectivity index (χ0n) is 6.68. The number of hydrogen-bond acceptors (Lipinski definition) is 1. The highest BCUT2D eigenvalue weighted by Crippen LogP contribution is 2.56. The van der Waals surface area contributed by atoms with Crippen LogP contribution in [0.4, 0.5) is 4.39 Å². The Bertz CT molecular complexity index is 171. The predicted molar refractivity (Wildman–Crippen MR) is 41.0 cm³/mol. The molecule has 2 aliphatic carbocycles. The highest BCUT2D eigenvalue weighted by atomic mass is 19.1. The van der Waals surface area contributed by atoms with Crippen LogP contribution in [0, 0.1) is 11.8 Å². The van der Waals surface area contributed by atoms with Crippen molar-refractivity contribution in [3.63, 3.8) is 0 Å². The lowest BCUT2D eigenvalue weighted by Gasteiger charge is -2.40. The summed E-state index contributed by atoms with van der Waals surface area (Å²) in [5, 5.41) is 9.71. The van der Waals surface area contributed by atoms with Gasteiger partial charge in [-0.05, 0) is 38.0 Å². The third-order valence-corrected chi connectivity index (χ3v) is 3.60. The van der Waals surface area contributed by atoms with Gasteiger partial charge in [0.15, 0.2) is 0 Å². The van der Waals surface area contributed by atoms with Crippen LogP contribution in [-0.4, -0.2) is 24.1 Å². The molecule has 0 aromatic heterocycles. The number of halogens is 1. The average Bonchev–Trinajstić information content (AvgIpc) is 2.37. The second kappa shape index (κ2) is 1.82. The summed E-state index contributed by atoms with van der Waals surface area (Å²) in [6, 6.07) is 0. The van der Waals surface area contributed by atoms with E-state index < -0.39 is 11.2 Å². The van der Waals surface area contributed by atoms with E-state index in [0.29, 0.717) is 0 Å². The molecule has 0 amide bonds. The Labute approximate surface area is 67.4 Å². The third-order valence-electron chi connectivity index (χ3n) is 3.60. The van der Waals surface area contributed by atoms with Crippen molar-refractivity contribution in [2.24, 2.45) is 11.8 Å². The third kappa shape index (κ3) is 0.702. The molecule has 1 N–H and O–H groups in total. The molecule has 2 fully saturated rings. The summed E-state index contributed by atoms with van der Waals surface area (Å²) in [4.78, 5) is 0. The Hall–Kier alpha value is -0.0451. The predicted octanol–water partition coefficient (Wildman–Crippen LogP) is 1.00. The molecule has 0 aliphatic heterocycles. The van der Waals surface area contributed by atoms with E-state index in [9.17, 15) is 9.50 Å². The molecule has 2 rings (SSSR count). The molecule has 2 saturated carbocycles. The Balaban J connectivity index is 2.36. The quantitative estimate of drug-likeness (QED) is 0.516. The lowest BCUT2D eigenvalue weighted by atomic mass is 9.63. The molecule has 4 unspecified atom stereocenters. The van der Waals surface area contributed by atoms with Gasteiger partial charge in [0.05, 0.1) is 11.2 Å². The average molecular weight is 154 g/mol. The fraction of sp³-hybridized carbons (Fsp3) is 1.00. The maximum absolute atomic E-state index is 13.6. The zero-order valence-corrected chi connectivity index (χ0v) is 6.68. The summed E-state index contributed by atoms with van der Waals surface area (Å²) in [6.45, 7) is 1.52. The zero-order chi connectivity index (χ0) is 8.28. The highest BCUT2D eigenvalue weighted by Gasteiger charge is 2.62. The van der Waals surface area contributed by atoms with Gasteiger partial charge in [-0.3, -0.25) is 4.39 Å². The SMILES string of the molecule is [B]C1(F)C2CCC(C2)C1(C)O. The molecule has 2 radical (unpaired) electrons. The highest BCUT2D eigenvalue weighted by molar-refractivity contribution is 6.16. The van der Waals surface area contributed by atoms with Crippen LogP contribution in [0.2, 0.25) is 0 Å². The van der Waals surface area contributed by atoms with Crippen LogP contribution in [-0.2, 0) is 0 Å². The minimum atomic E-state index is -1.84. The monoisotopic (exact) mass is 154 g/mol. The van der Waals surface area contributed by atoms with E-state index in [4.69, 9.17) is 7.85 Å². The summed E-state index contributed by atoms with van der Waals surface area (Å²) < 4.78 is 13.6. The lowest BCUT2D eigenvalue weighted by Crippen LogP contribution is -2.53. The van der Waals surface area contributed by atoms with Crippen LogP contribution >= 0.6 is 0 Å². The number of aliphatic hydroxyl groups is 1. The van der Waals surface area contributed by atoms with Crippen LogP contribution in [0.3, 0.4) is 0 Å². The molecule has 11 heavy (non-hydrogen) atoms. The van der Waals surface area contributed by atoms with Crippen LogP contribution in [0.1, 0.15) is 26.2 Å². The first-order chi connectivity index (χ1) is 4.96. The molecule has 0 spiro atoms. The first-order valence-electron chi connectivity index (χ1n) is 4.16. The van der Waals surface area contributed by atoms with Gasteiger partial charge in [-0.25, -0.2) is 0 Å². The van der Waals surface area contributed by atoms with E-state index in [1.54, 1.807) is 0 Å². The maximum atomic E-state index is 13.6. The van der Waals surface area contributed by atoms with Crippen molar-refractivity contribution in [1.82, 2.24) is 0 Å². The van der Waals surface area contributed by atoms with Gasteiger partial charge in [-0.15, -0.1) is 0 Å². The Morgan fingerprint density at radius 2 is 2.00 bits per heavy atom. The van der Waals surface area contributed by atoms with Crippen LogP contribution < -0.4 is 0 Å². The number of alkyl halides is 1. The van der Waals surface area contributed by atoms with Gasteiger partial charge in [0, 0.05) is 0 Å². The van der Waals surface area contributed by atoms with E-state index >= 15 is 0 Å². The van der Waals surface area contributed by atoms with Crippen molar-refractivity contribution in [1.29, 1.82) is 0 Å².